The van der Waals surface area contributed by atoms with Crippen LogP contribution in [0.1, 0.15) is 58.2 Å². The van der Waals surface area contributed by atoms with E-state index in [1.165, 1.54) is 38.5 Å². The predicted molar refractivity (Wildman–Crippen MR) is 75.8 cm³/mol. The van der Waals surface area contributed by atoms with Gasteiger partial charge in [-0.15, -0.1) is 0 Å². The van der Waals surface area contributed by atoms with E-state index in [0.717, 1.165) is 18.3 Å². The average molecular weight is 265 g/mol. The maximum absolute atomic E-state index is 10.4. The third-order valence-electron chi connectivity index (χ3n) is 4.52. The zero-order valence-electron chi connectivity index (χ0n) is 12.3. The summed E-state index contributed by atoms with van der Waals surface area (Å²) < 4.78 is 1.88. The summed E-state index contributed by atoms with van der Waals surface area (Å²) in [7, 11) is 0. The van der Waals surface area contributed by atoms with Crippen LogP contribution in [-0.4, -0.2) is 26.0 Å². The molecule has 0 bridgehead atoms. The first kappa shape index (κ1) is 14.5. The average Bonchev–Trinajstić information content (AvgIpc) is 2.87. The molecule has 0 radical (unpaired) electrons. The number of aryl methyl sites for hydroxylation is 1. The van der Waals surface area contributed by atoms with Crippen molar-refractivity contribution in [1.29, 1.82) is 0 Å². The molecule has 1 unspecified atom stereocenters. The molecular formula is C15H27N3O. The minimum absolute atomic E-state index is 0.253. The van der Waals surface area contributed by atoms with Crippen molar-refractivity contribution in [3.05, 3.63) is 12.2 Å². The van der Waals surface area contributed by atoms with E-state index in [4.69, 9.17) is 0 Å². The molecule has 1 fully saturated rings. The number of aromatic nitrogens is 3. The lowest BCUT2D eigenvalue weighted by atomic mass is 9.77. The second-order valence-corrected chi connectivity index (χ2v) is 5.83. The molecule has 108 valence electrons. The fourth-order valence-electron chi connectivity index (χ4n) is 3.33. The van der Waals surface area contributed by atoms with Crippen LogP contribution >= 0.6 is 0 Å². The van der Waals surface area contributed by atoms with Gasteiger partial charge in [0.2, 0.25) is 0 Å². The number of aliphatic hydroxyl groups is 1. The van der Waals surface area contributed by atoms with Crippen LogP contribution in [-0.2, 0) is 13.0 Å². The van der Waals surface area contributed by atoms with Gasteiger partial charge in [0.25, 0.3) is 0 Å². The number of hydrogen-bond acceptors (Lipinski definition) is 3. The van der Waals surface area contributed by atoms with Crippen LogP contribution in [0.5, 0.6) is 0 Å². The molecule has 1 saturated carbocycles. The standard InChI is InChI=1S/C15H27N3O/c1-3-5-12-6-8-13(9-7-12)14(19)10-15-16-11-17-18(15)4-2/h11-14,19H,3-10H2,1-2H3. The molecule has 1 aliphatic carbocycles. The molecule has 0 saturated heterocycles. The summed E-state index contributed by atoms with van der Waals surface area (Å²) in [5.74, 6) is 2.27. The Labute approximate surface area is 116 Å². The van der Waals surface area contributed by atoms with Gasteiger partial charge < -0.3 is 5.11 Å². The van der Waals surface area contributed by atoms with Crippen LogP contribution in [0.4, 0.5) is 0 Å². The summed E-state index contributed by atoms with van der Waals surface area (Å²) in [6.07, 6.45) is 9.55. The zero-order chi connectivity index (χ0) is 13.7. The molecular weight excluding hydrogens is 238 g/mol. The quantitative estimate of drug-likeness (QED) is 0.860. The molecule has 1 atom stereocenters. The lowest BCUT2D eigenvalue weighted by molar-refractivity contribution is 0.0704. The Morgan fingerprint density at radius 3 is 2.68 bits per heavy atom. The first-order valence-corrected chi connectivity index (χ1v) is 7.79. The highest BCUT2D eigenvalue weighted by Crippen LogP contribution is 2.33. The molecule has 19 heavy (non-hydrogen) atoms. The minimum atomic E-state index is -0.253. The molecule has 0 aromatic carbocycles. The second kappa shape index (κ2) is 7.04. The van der Waals surface area contributed by atoms with Crippen molar-refractivity contribution < 1.29 is 5.11 Å². The molecule has 4 nitrogen and oxygen atoms in total. The van der Waals surface area contributed by atoms with Gasteiger partial charge in [0, 0.05) is 13.0 Å². The summed E-state index contributed by atoms with van der Waals surface area (Å²) in [4.78, 5) is 4.26. The molecule has 0 amide bonds. The van der Waals surface area contributed by atoms with E-state index in [0.29, 0.717) is 12.3 Å². The highest BCUT2D eigenvalue weighted by atomic mass is 16.3. The fraction of sp³-hybridized carbons (Fsp3) is 0.867. The lowest BCUT2D eigenvalue weighted by Crippen LogP contribution is -2.28. The topological polar surface area (TPSA) is 50.9 Å². The first-order chi connectivity index (χ1) is 9.24. The van der Waals surface area contributed by atoms with E-state index in [1.54, 1.807) is 6.33 Å². The SMILES string of the molecule is CCCC1CCC(C(O)Cc2ncnn2CC)CC1. The van der Waals surface area contributed by atoms with Crippen LogP contribution < -0.4 is 0 Å². The Hall–Kier alpha value is -0.900. The van der Waals surface area contributed by atoms with Gasteiger partial charge in [-0.05, 0) is 31.6 Å². The number of hydrogen-bond donors (Lipinski definition) is 1. The Bertz CT molecular complexity index is 369. The van der Waals surface area contributed by atoms with E-state index >= 15 is 0 Å². The first-order valence-electron chi connectivity index (χ1n) is 7.79. The fourth-order valence-corrected chi connectivity index (χ4v) is 3.33. The Morgan fingerprint density at radius 1 is 1.32 bits per heavy atom. The molecule has 1 heterocycles. The maximum atomic E-state index is 10.4. The summed E-state index contributed by atoms with van der Waals surface area (Å²) in [5, 5.41) is 14.6. The van der Waals surface area contributed by atoms with E-state index in [9.17, 15) is 5.11 Å². The molecule has 1 aliphatic rings. The molecule has 2 rings (SSSR count). The van der Waals surface area contributed by atoms with Gasteiger partial charge in [-0.1, -0.05) is 32.6 Å². The van der Waals surface area contributed by atoms with E-state index in [-0.39, 0.29) is 6.10 Å². The van der Waals surface area contributed by atoms with Crippen molar-refractivity contribution in [2.75, 3.05) is 0 Å². The summed E-state index contributed by atoms with van der Waals surface area (Å²) >= 11 is 0. The van der Waals surface area contributed by atoms with Crippen LogP contribution in [0.25, 0.3) is 0 Å². The molecule has 1 aromatic heterocycles. The van der Waals surface area contributed by atoms with Crippen molar-refractivity contribution in [2.45, 2.75) is 71.4 Å². The van der Waals surface area contributed by atoms with Crippen molar-refractivity contribution in [1.82, 2.24) is 14.8 Å². The van der Waals surface area contributed by atoms with Gasteiger partial charge in [-0.3, -0.25) is 4.68 Å². The van der Waals surface area contributed by atoms with Crippen LogP contribution in [0.15, 0.2) is 6.33 Å². The van der Waals surface area contributed by atoms with Gasteiger partial charge in [0.05, 0.1) is 6.10 Å². The third-order valence-corrected chi connectivity index (χ3v) is 4.52. The van der Waals surface area contributed by atoms with E-state index < -0.39 is 0 Å². The Balaban J connectivity index is 1.83. The highest BCUT2D eigenvalue weighted by molar-refractivity contribution is 4.90. The maximum Gasteiger partial charge on any atom is 0.138 e. The van der Waals surface area contributed by atoms with Gasteiger partial charge >= 0.3 is 0 Å². The minimum Gasteiger partial charge on any atom is -0.392 e. The summed E-state index contributed by atoms with van der Waals surface area (Å²) in [6.45, 7) is 5.14. The predicted octanol–water partition coefficient (Wildman–Crippen LogP) is 2.81. The molecule has 1 aromatic rings. The molecule has 1 N–H and O–H groups in total. The normalized spacial score (nSPS) is 25.4. The Morgan fingerprint density at radius 2 is 2.05 bits per heavy atom. The number of nitrogens with zero attached hydrogens (tertiary/aromatic N) is 3. The number of rotatable bonds is 6. The molecule has 0 spiro atoms. The van der Waals surface area contributed by atoms with Crippen molar-refractivity contribution in [3.8, 4) is 0 Å². The number of aliphatic hydroxyl groups excluding tert-OH is 1. The van der Waals surface area contributed by atoms with Gasteiger partial charge in [0.15, 0.2) is 0 Å². The van der Waals surface area contributed by atoms with E-state index in [1.807, 2.05) is 4.68 Å². The molecule has 0 aliphatic heterocycles. The van der Waals surface area contributed by atoms with Gasteiger partial charge in [0.1, 0.15) is 12.2 Å². The summed E-state index contributed by atoms with van der Waals surface area (Å²) in [5.41, 5.74) is 0. The monoisotopic (exact) mass is 265 g/mol. The van der Waals surface area contributed by atoms with Crippen molar-refractivity contribution >= 4 is 0 Å². The smallest absolute Gasteiger partial charge is 0.138 e. The largest absolute Gasteiger partial charge is 0.392 e. The van der Waals surface area contributed by atoms with E-state index in [2.05, 4.69) is 23.9 Å². The van der Waals surface area contributed by atoms with Crippen LogP contribution in [0, 0.1) is 11.8 Å². The van der Waals surface area contributed by atoms with Crippen molar-refractivity contribution in [3.63, 3.8) is 0 Å². The third kappa shape index (κ3) is 3.78. The van der Waals surface area contributed by atoms with Gasteiger partial charge in [-0.2, -0.15) is 5.10 Å². The zero-order valence-corrected chi connectivity index (χ0v) is 12.3. The van der Waals surface area contributed by atoms with Crippen LogP contribution in [0.2, 0.25) is 0 Å². The van der Waals surface area contributed by atoms with Crippen molar-refractivity contribution in [2.24, 2.45) is 11.8 Å². The second-order valence-electron chi connectivity index (χ2n) is 5.83. The lowest BCUT2D eigenvalue weighted by Gasteiger charge is -2.31. The summed E-state index contributed by atoms with van der Waals surface area (Å²) in [6, 6.07) is 0. The Kier molecular flexibility index (Phi) is 5.37. The van der Waals surface area contributed by atoms with Crippen LogP contribution in [0.3, 0.4) is 0 Å². The highest BCUT2D eigenvalue weighted by Gasteiger charge is 2.27. The van der Waals surface area contributed by atoms with Gasteiger partial charge in [-0.25, -0.2) is 4.98 Å². The molecule has 4 heteroatoms.